The van der Waals surface area contributed by atoms with Crippen molar-refractivity contribution in [3.63, 3.8) is 0 Å². The van der Waals surface area contributed by atoms with Crippen molar-refractivity contribution in [1.29, 1.82) is 0 Å². The Morgan fingerprint density at radius 3 is 2.16 bits per heavy atom. The van der Waals surface area contributed by atoms with Crippen molar-refractivity contribution in [2.45, 2.75) is 139 Å². The number of sulfone groups is 1. The average molecular weight is 792 g/mol. The summed E-state index contributed by atoms with van der Waals surface area (Å²) in [5, 5.41) is 65.3. The van der Waals surface area contributed by atoms with Crippen molar-refractivity contribution in [3.05, 3.63) is 53.6 Å². The van der Waals surface area contributed by atoms with Gasteiger partial charge in [0.2, 0.25) is 5.91 Å². The number of amides is 2. The zero-order valence-electron chi connectivity index (χ0n) is 33.0. The lowest BCUT2D eigenvalue weighted by Crippen LogP contribution is -2.51. The van der Waals surface area contributed by atoms with Crippen LogP contribution >= 0.6 is 0 Å². The van der Waals surface area contributed by atoms with Crippen molar-refractivity contribution in [2.24, 2.45) is 5.41 Å². The molecule has 1 aliphatic heterocycles. The zero-order valence-corrected chi connectivity index (χ0v) is 33.8. The lowest BCUT2D eigenvalue weighted by atomic mass is 9.69. The van der Waals surface area contributed by atoms with Gasteiger partial charge in [-0.05, 0) is 67.1 Å². The second kappa shape index (κ2) is 22.0. The number of fused-ring (bicyclic) bond motifs is 1. The molecule has 0 saturated heterocycles. The van der Waals surface area contributed by atoms with Gasteiger partial charge in [0.25, 0.3) is 5.91 Å². The minimum absolute atomic E-state index is 0.110. The molecular formula is C41H65N3O10S. The maximum Gasteiger partial charge on any atom is 0.251 e. The van der Waals surface area contributed by atoms with E-state index in [1.54, 1.807) is 12.1 Å². The van der Waals surface area contributed by atoms with Crippen LogP contribution in [0.3, 0.4) is 0 Å². The second-order valence-corrected chi connectivity index (χ2v) is 17.3. The summed E-state index contributed by atoms with van der Waals surface area (Å²) >= 11 is 0. The molecule has 2 aromatic carbocycles. The van der Waals surface area contributed by atoms with Gasteiger partial charge in [-0.1, -0.05) is 77.3 Å². The quantitative estimate of drug-likeness (QED) is 0.0761. The molecule has 55 heavy (non-hydrogen) atoms. The Hall–Kier alpha value is -3.11. The molecule has 310 valence electrons. The van der Waals surface area contributed by atoms with Crippen LogP contribution in [0.5, 0.6) is 0 Å². The van der Waals surface area contributed by atoms with E-state index >= 15 is 0 Å². The van der Waals surface area contributed by atoms with E-state index in [1.165, 1.54) is 0 Å². The number of hydrogen-bond acceptors (Lipinski definition) is 11. The number of nitrogens with one attached hydrogen (secondary N) is 2. The lowest BCUT2D eigenvalue weighted by molar-refractivity contribution is -0.148. The van der Waals surface area contributed by atoms with Crippen LogP contribution in [0.4, 0.5) is 11.4 Å². The minimum Gasteiger partial charge on any atom is -0.394 e. The first-order valence-electron chi connectivity index (χ1n) is 19.8. The molecule has 8 N–H and O–H groups in total. The summed E-state index contributed by atoms with van der Waals surface area (Å²) in [5.74, 6) is -1.71. The SMILES string of the molecule is CCCCC1(CC)CS(=O)(=O)c2ccc(N(C)C)cc2[C@@H](c2cccc(NC(=O)CCCCCCCCCCNC(=O)[C@H](O)[C@@H](O)[C@H](O)[C@H](O)CO)c2)[C@H]1O. The topological polar surface area (TPSA) is 217 Å². The van der Waals surface area contributed by atoms with Crippen LogP contribution in [-0.4, -0.2) is 114 Å². The molecule has 2 aromatic rings. The number of carbonyl (C=O) groups is 2. The maximum atomic E-state index is 14.0. The number of carbonyl (C=O) groups excluding carboxylic acids is 2. The highest BCUT2D eigenvalue weighted by Gasteiger charge is 2.49. The van der Waals surface area contributed by atoms with Gasteiger partial charge in [-0.3, -0.25) is 9.59 Å². The number of aliphatic hydroxyl groups is 6. The van der Waals surface area contributed by atoms with Crippen LogP contribution < -0.4 is 15.5 Å². The number of unbranched alkanes of at least 4 members (excludes halogenated alkanes) is 8. The highest BCUT2D eigenvalue weighted by atomic mass is 32.2. The monoisotopic (exact) mass is 791 g/mol. The normalized spacial score (nSPS) is 21.4. The third-order valence-corrected chi connectivity index (χ3v) is 13.0. The molecule has 14 heteroatoms. The first-order chi connectivity index (χ1) is 26.1. The molecule has 0 radical (unpaired) electrons. The minimum atomic E-state index is -3.71. The number of nitrogens with zero attached hydrogens (tertiary/aromatic N) is 1. The number of aliphatic hydroxyl groups excluding tert-OH is 6. The summed E-state index contributed by atoms with van der Waals surface area (Å²) in [4.78, 5) is 27.2. The van der Waals surface area contributed by atoms with Gasteiger partial charge in [0.1, 0.15) is 18.3 Å². The first kappa shape index (κ1) is 46.3. The summed E-state index contributed by atoms with van der Waals surface area (Å²) in [7, 11) is 0.0905. The van der Waals surface area contributed by atoms with Crippen molar-refractivity contribution in [1.82, 2.24) is 5.32 Å². The Bertz CT molecular complexity index is 1620. The van der Waals surface area contributed by atoms with E-state index in [9.17, 15) is 43.5 Å². The Morgan fingerprint density at radius 1 is 0.891 bits per heavy atom. The Balaban J connectivity index is 1.51. The molecule has 13 nitrogen and oxygen atoms in total. The standard InChI is InChI=1S/C41H65N3O10S/c1-5-7-22-41(6-2)27-55(53,54)33-21-20-30(44(3)4)25-31(33)35(39(41)51)28-17-16-18-29(24-28)43-34(47)19-14-12-10-8-9-11-13-15-23-42-40(52)38(50)37(49)36(48)32(46)26-45/h16-18,20-21,24-25,32,35-39,45-46,48-51H,5-15,19,22-23,26-27H2,1-4H3,(H,42,52)(H,43,47)/t32-,35-,36-,37+,38-,39-,41?/m1/s1. The van der Waals surface area contributed by atoms with Crippen molar-refractivity contribution in [2.75, 3.05) is 43.2 Å². The summed E-state index contributed by atoms with van der Waals surface area (Å²) < 4.78 is 27.9. The van der Waals surface area contributed by atoms with Crippen LogP contribution in [0.2, 0.25) is 0 Å². The Labute approximate surface area is 327 Å². The van der Waals surface area contributed by atoms with E-state index in [-0.39, 0.29) is 23.1 Å². The Morgan fingerprint density at radius 2 is 1.55 bits per heavy atom. The van der Waals surface area contributed by atoms with Crippen LogP contribution in [-0.2, 0) is 19.4 Å². The van der Waals surface area contributed by atoms with Gasteiger partial charge >= 0.3 is 0 Å². The number of benzene rings is 2. The molecule has 1 aliphatic rings. The third-order valence-electron chi connectivity index (χ3n) is 11.0. The molecular weight excluding hydrogens is 727 g/mol. The maximum absolute atomic E-state index is 14.0. The smallest absolute Gasteiger partial charge is 0.251 e. The zero-order chi connectivity index (χ0) is 40.8. The van der Waals surface area contributed by atoms with Crippen LogP contribution in [0.1, 0.15) is 114 Å². The molecule has 2 amide bonds. The van der Waals surface area contributed by atoms with Gasteiger partial charge in [-0.15, -0.1) is 0 Å². The van der Waals surface area contributed by atoms with Gasteiger partial charge < -0.3 is 46.2 Å². The number of hydrogen-bond donors (Lipinski definition) is 8. The molecule has 1 heterocycles. The summed E-state index contributed by atoms with van der Waals surface area (Å²) in [5.41, 5.74) is 1.94. The van der Waals surface area contributed by atoms with Gasteiger partial charge in [0.05, 0.1) is 23.4 Å². The highest BCUT2D eigenvalue weighted by Crippen LogP contribution is 2.49. The first-order valence-corrected chi connectivity index (χ1v) is 21.5. The van der Waals surface area contributed by atoms with Crippen LogP contribution in [0.25, 0.3) is 0 Å². The van der Waals surface area contributed by atoms with Crippen molar-refractivity contribution >= 4 is 33.0 Å². The van der Waals surface area contributed by atoms with E-state index in [0.29, 0.717) is 36.9 Å². The van der Waals surface area contributed by atoms with E-state index in [4.69, 9.17) is 5.11 Å². The predicted octanol–water partition coefficient (Wildman–Crippen LogP) is 3.62. The van der Waals surface area contributed by atoms with Crippen LogP contribution in [0, 0.1) is 5.41 Å². The fourth-order valence-corrected chi connectivity index (χ4v) is 9.75. The molecule has 0 aliphatic carbocycles. The second-order valence-electron chi connectivity index (χ2n) is 15.3. The summed E-state index contributed by atoms with van der Waals surface area (Å²) in [6.07, 6.45) is 1.85. The molecule has 0 spiro atoms. The van der Waals surface area contributed by atoms with Gasteiger partial charge in [-0.2, -0.15) is 0 Å². The van der Waals surface area contributed by atoms with Crippen molar-refractivity contribution < 1.29 is 48.6 Å². The van der Waals surface area contributed by atoms with E-state index in [2.05, 4.69) is 17.6 Å². The van der Waals surface area contributed by atoms with Crippen LogP contribution in [0.15, 0.2) is 47.4 Å². The Kier molecular flexibility index (Phi) is 18.5. The number of anilines is 2. The van der Waals surface area contributed by atoms with Crippen molar-refractivity contribution in [3.8, 4) is 0 Å². The van der Waals surface area contributed by atoms with Gasteiger partial charge in [0, 0.05) is 49.8 Å². The van der Waals surface area contributed by atoms with Gasteiger partial charge in [-0.25, -0.2) is 8.42 Å². The molecule has 0 bridgehead atoms. The molecule has 3 rings (SSSR count). The average Bonchev–Trinajstić information content (AvgIpc) is 3.24. The predicted molar refractivity (Wildman–Crippen MR) is 214 cm³/mol. The molecule has 7 atom stereocenters. The van der Waals surface area contributed by atoms with Gasteiger partial charge in [0.15, 0.2) is 15.9 Å². The largest absolute Gasteiger partial charge is 0.394 e. The molecule has 0 fully saturated rings. The highest BCUT2D eigenvalue weighted by molar-refractivity contribution is 7.91. The third kappa shape index (κ3) is 12.7. The molecule has 1 unspecified atom stereocenters. The molecule has 0 saturated carbocycles. The van der Waals surface area contributed by atoms with E-state index < -0.39 is 64.2 Å². The fraction of sp³-hybridized carbons (Fsp3) is 0.659. The summed E-state index contributed by atoms with van der Waals surface area (Å²) in [6.45, 7) is 3.49. The van der Waals surface area contributed by atoms with E-state index in [0.717, 1.165) is 69.0 Å². The lowest BCUT2D eigenvalue weighted by Gasteiger charge is -2.39. The molecule has 0 aromatic heterocycles. The number of rotatable bonds is 23. The summed E-state index contributed by atoms with van der Waals surface area (Å²) in [6, 6.07) is 12.8. The fourth-order valence-electron chi connectivity index (χ4n) is 7.50. The van der Waals surface area contributed by atoms with E-state index in [1.807, 2.05) is 56.3 Å².